The molecule has 162 valence electrons. The number of nitrogens with zero attached hydrogens (tertiary/aromatic N) is 4. The summed E-state index contributed by atoms with van der Waals surface area (Å²) in [5, 5.41) is 8.67. The first-order valence-electron chi connectivity index (χ1n) is 10.1. The molecule has 7 nitrogen and oxygen atoms in total. The average Bonchev–Trinajstić information content (AvgIpc) is 3.28. The first-order chi connectivity index (χ1) is 14.7. The smallest absolute Gasteiger partial charge is 0.280 e. The van der Waals surface area contributed by atoms with Gasteiger partial charge in [-0.15, -0.1) is 5.10 Å². The van der Waals surface area contributed by atoms with Gasteiger partial charge in [0.15, 0.2) is 5.69 Å². The monoisotopic (exact) mass is 437 g/mol. The van der Waals surface area contributed by atoms with Crippen molar-refractivity contribution < 1.29 is 9.59 Å². The van der Waals surface area contributed by atoms with E-state index in [-0.39, 0.29) is 17.5 Å². The number of aromatic nitrogens is 3. The molecule has 1 atom stereocenters. The van der Waals surface area contributed by atoms with Gasteiger partial charge in [0.05, 0.1) is 0 Å². The topological polar surface area (TPSA) is 88.1 Å². The van der Waals surface area contributed by atoms with Gasteiger partial charge in [-0.05, 0) is 80.5 Å². The summed E-state index contributed by atoms with van der Waals surface area (Å²) in [6.07, 6.45) is 3.99. The lowest BCUT2D eigenvalue weighted by molar-refractivity contribution is -0.124. The number of amides is 2. The second-order valence-electron chi connectivity index (χ2n) is 8.17. The van der Waals surface area contributed by atoms with Crippen molar-refractivity contribution >= 4 is 29.0 Å². The maximum absolute atomic E-state index is 13.7. The molecule has 0 saturated carbocycles. The number of rotatable bonds is 7. The second kappa shape index (κ2) is 9.34. The van der Waals surface area contributed by atoms with Crippen LogP contribution in [0.4, 0.5) is 5.69 Å². The van der Waals surface area contributed by atoms with E-state index in [2.05, 4.69) is 19.9 Å². The number of aryl methyl sites for hydroxylation is 2. The molecule has 3 aromatic rings. The number of benzene rings is 1. The molecule has 2 heterocycles. The van der Waals surface area contributed by atoms with Crippen molar-refractivity contribution in [2.45, 2.75) is 52.6 Å². The number of hydrogen-bond acceptors (Lipinski definition) is 6. The SMILES string of the molecule is CCC(C)(C)NC(=O)[C@H](c1ccncc1)N(C(=O)c1csnn1)c1cc(C)ccc1C. The molecule has 0 spiro atoms. The van der Waals surface area contributed by atoms with Crippen LogP contribution in [0, 0.1) is 13.8 Å². The second-order valence-corrected chi connectivity index (χ2v) is 8.77. The fourth-order valence-electron chi connectivity index (χ4n) is 3.18. The molecule has 1 aromatic carbocycles. The van der Waals surface area contributed by atoms with Gasteiger partial charge in [-0.3, -0.25) is 19.5 Å². The van der Waals surface area contributed by atoms with Crippen LogP contribution in [0.3, 0.4) is 0 Å². The third-order valence-corrected chi connectivity index (χ3v) is 5.80. The number of nitrogens with one attached hydrogen (secondary N) is 1. The Balaban J connectivity index is 2.20. The zero-order valence-corrected chi connectivity index (χ0v) is 19.2. The van der Waals surface area contributed by atoms with Crippen LogP contribution in [0.25, 0.3) is 0 Å². The van der Waals surface area contributed by atoms with E-state index in [1.54, 1.807) is 29.9 Å². The minimum Gasteiger partial charge on any atom is -0.349 e. The Morgan fingerprint density at radius 2 is 1.87 bits per heavy atom. The number of carbonyl (C=O) groups is 2. The number of pyridine rings is 1. The summed E-state index contributed by atoms with van der Waals surface area (Å²) < 4.78 is 3.84. The van der Waals surface area contributed by atoms with E-state index < -0.39 is 11.6 Å². The lowest BCUT2D eigenvalue weighted by Crippen LogP contribution is -2.50. The van der Waals surface area contributed by atoms with E-state index in [9.17, 15) is 9.59 Å². The molecule has 0 aliphatic heterocycles. The Morgan fingerprint density at radius 3 is 2.48 bits per heavy atom. The van der Waals surface area contributed by atoms with Crippen LogP contribution >= 0.6 is 11.5 Å². The minimum atomic E-state index is -0.900. The van der Waals surface area contributed by atoms with Crippen molar-refractivity contribution in [2.24, 2.45) is 0 Å². The van der Waals surface area contributed by atoms with E-state index >= 15 is 0 Å². The third kappa shape index (κ3) is 5.14. The standard InChI is InChI=1S/C23H27N5O2S/c1-6-23(4,5)25-21(29)20(17-9-11-24-12-10-17)28(22(30)18-14-31-27-26-18)19-13-15(2)7-8-16(19)3/h7-14,20H,6H2,1-5H3,(H,25,29)/t20-/m0/s1. The Labute approximate surface area is 186 Å². The summed E-state index contributed by atoms with van der Waals surface area (Å²) in [4.78, 5) is 32.9. The highest BCUT2D eigenvalue weighted by Gasteiger charge is 2.36. The predicted octanol–water partition coefficient (Wildman–Crippen LogP) is 4.24. The molecule has 0 bridgehead atoms. The molecule has 8 heteroatoms. The van der Waals surface area contributed by atoms with Crippen molar-refractivity contribution in [1.82, 2.24) is 19.9 Å². The molecule has 31 heavy (non-hydrogen) atoms. The van der Waals surface area contributed by atoms with Crippen LogP contribution in [-0.4, -0.2) is 31.9 Å². The quantitative estimate of drug-likeness (QED) is 0.597. The maximum atomic E-state index is 13.7. The van der Waals surface area contributed by atoms with Gasteiger partial charge < -0.3 is 5.32 Å². The van der Waals surface area contributed by atoms with E-state index in [4.69, 9.17) is 0 Å². The van der Waals surface area contributed by atoms with E-state index in [1.165, 1.54) is 4.90 Å². The predicted molar refractivity (Wildman–Crippen MR) is 122 cm³/mol. The molecule has 0 unspecified atom stereocenters. The summed E-state index contributed by atoms with van der Waals surface area (Å²) >= 11 is 1.10. The highest BCUT2D eigenvalue weighted by molar-refractivity contribution is 7.03. The van der Waals surface area contributed by atoms with Crippen molar-refractivity contribution in [3.63, 3.8) is 0 Å². The molecule has 0 saturated heterocycles. The Morgan fingerprint density at radius 1 is 1.16 bits per heavy atom. The summed E-state index contributed by atoms with van der Waals surface area (Å²) in [5.74, 6) is -0.649. The minimum absolute atomic E-state index is 0.201. The molecule has 3 rings (SSSR count). The molecule has 2 amide bonds. The average molecular weight is 438 g/mol. The van der Waals surface area contributed by atoms with Crippen LogP contribution in [0.2, 0.25) is 0 Å². The van der Waals surface area contributed by atoms with E-state index in [1.807, 2.05) is 52.8 Å². The largest absolute Gasteiger partial charge is 0.349 e. The van der Waals surface area contributed by atoms with Crippen molar-refractivity contribution in [2.75, 3.05) is 4.90 Å². The van der Waals surface area contributed by atoms with Crippen LogP contribution in [0.15, 0.2) is 48.1 Å². The highest BCUT2D eigenvalue weighted by atomic mass is 32.1. The summed E-state index contributed by atoms with van der Waals surface area (Å²) in [6.45, 7) is 9.81. The Hall–Kier alpha value is -3.13. The van der Waals surface area contributed by atoms with Gasteiger partial charge in [-0.25, -0.2) is 0 Å². The van der Waals surface area contributed by atoms with Gasteiger partial charge in [0.25, 0.3) is 5.91 Å². The molecular formula is C23H27N5O2S. The lowest BCUT2D eigenvalue weighted by Gasteiger charge is -2.35. The fraction of sp³-hybridized carbons (Fsp3) is 0.348. The maximum Gasteiger partial charge on any atom is 0.280 e. The fourth-order valence-corrected chi connectivity index (χ4v) is 3.61. The van der Waals surface area contributed by atoms with Crippen LogP contribution in [0.5, 0.6) is 0 Å². The van der Waals surface area contributed by atoms with Crippen molar-refractivity contribution in [1.29, 1.82) is 0 Å². The number of hydrogen-bond donors (Lipinski definition) is 1. The lowest BCUT2D eigenvalue weighted by atomic mass is 9.98. The Kier molecular flexibility index (Phi) is 6.80. The van der Waals surface area contributed by atoms with Gasteiger partial charge in [0.2, 0.25) is 5.91 Å². The first-order valence-corrected chi connectivity index (χ1v) is 11.0. The summed E-state index contributed by atoms with van der Waals surface area (Å²) in [6, 6.07) is 8.46. The van der Waals surface area contributed by atoms with Crippen LogP contribution in [0.1, 0.15) is 60.4 Å². The van der Waals surface area contributed by atoms with E-state index in [0.29, 0.717) is 11.3 Å². The van der Waals surface area contributed by atoms with Gasteiger partial charge >= 0.3 is 0 Å². The first kappa shape index (κ1) is 22.6. The highest BCUT2D eigenvalue weighted by Crippen LogP contribution is 2.33. The molecule has 2 aromatic heterocycles. The summed E-state index contributed by atoms with van der Waals surface area (Å²) in [5.41, 5.74) is 2.95. The summed E-state index contributed by atoms with van der Waals surface area (Å²) in [7, 11) is 0. The van der Waals surface area contributed by atoms with Gasteiger partial charge in [-0.2, -0.15) is 0 Å². The van der Waals surface area contributed by atoms with Gasteiger partial charge in [0, 0.05) is 29.0 Å². The zero-order valence-electron chi connectivity index (χ0n) is 18.4. The van der Waals surface area contributed by atoms with Gasteiger partial charge in [-0.1, -0.05) is 23.5 Å². The molecule has 0 aliphatic carbocycles. The number of carbonyl (C=O) groups excluding carboxylic acids is 2. The van der Waals surface area contributed by atoms with Crippen LogP contribution in [-0.2, 0) is 4.79 Å². The van der Waals surface area contributed by atoms with E-state index in [0.717, 1.165) is 29.1 Å². The molecule has 0 aliphatic rings. The van der Waals surface area contributed by atoms with Crippen molar-refractivity contribution in [3.05, 3.63) is 70.5 Å². The zero-order chi connectivity index (χ0) is 22.6. The molecule has 0 radical (unpaired) electrons. The van der Waals surface area contributed by atoms with Crippen molar-refractivity contribution in [3.8, 4) is 0 Å². The third-order valence-electron chi connectivity index (χ3n) is 5.30. The van der Waals surface area contributed by atoms with Gasteiger partial charge in [0.1, 0.15) is 6.04 Å². The molecular weight excluding hydrogens is 410 g/mol. The molecule has 0 fully saturated rings. The molecule has 1 N–H and O–H groups in total. The number of anilines is 1. The normalized spacial score (nSPS) is 12.3. The van der Waals surface area contributed by atoms with Crippen LogP contribution < -0.4 is 10.2 Å². The Bertz CT molecular complexity index is 1050.